The van der Waals surface area contributed by atoms with Crippen molar-refractivity contribution in [1.82, 2.24) is 0 Å². The molecule has 0 atom stereocenters. The van der Waals surface area contributed by atoms with E-state index in [0.717, 1.165) is 23.3 Å². The Bertz CT molecular complexity index is 430. The highest BCUT2D eigenvalue weighted by Crippen LogP contribution is 2.35. The fourth-order valence-electron chi connectivity index (χ4n) is 2.21. The van der Waals surface area contributed by atoms with Crippen LogP contribution in [0.15, 0.2) is 12.2 Å². The van der Waals surface area contributed by atoms with Crippen LogP contribution in [-0.4, -0.2) is 6.61 Å². The van der Waals surface area contributed by atoms with E-state index in [1.165, 1.54) is 22.3 Å². The van der Waals surface area contributed by atoms with E-state index in [-0.39, 0.29) is 0 Å². The number of rotatable bonds is 5. The zero-order chi connectivity index (χ0) is 13.9. The minimum absolute atomic E-state index is 0.492. The van der Waals surface area contributed by atoms with Crippen LogP contribution in [0.25, 0.3) is 0 Å². The van der Waals surface area contributed by atoms with Gasteiger partial charge in [-0.2, -0.15) is 0 Å². The van der Waals surface area contributed by atoms with Crippen molar-refractivity contribution in [2.24, 2.45) is 0 Å². The summed E-state index contributed by atoms with van der Waals surface area (Å²) in [7, 11) is 0. The maximum Gasteiger partial charge on any atom is 0.127 e. The fourth-order valence-corrected chi connectivity index (χ4v) is 2.53. The summed E-state index contributed by atoms with van der Waals surface area (Å²) in [5.74, 6) is 1.46. The van der Waals surface area contributed by atoms with Gasteiger partial charge >= 0.3 is 0 Å². The molecule has 0 spiro atoms. The van der Waals surface area contributed by atoms with Crippen molar-refractivity contribution in [3.8, 4) is 5.75 Å². The van der Waals surface area contributed by atoms with Gasteiger partial charge in [0, 0.05) is 5.56 Å². The van der Waals surface area contributed by atoms with E-state index in [2.05, 4.69) is 34.3 Å². The highest BCUT2D eigenvalue weighted by atomic mass is 35.5. The van der Waals surface area contributed by atoms with Gasteiger partial charge in [0.25, 0.3) is 0 Å². The van der Waals surface area contributed by atoms with Crippen LogP contribution in [0.4, 0.5) is 0 Å². The van der Waals surface area contributed by atoms with Crippen LogP contribution in [0.3, 0.4) is 0 Å². The van der Waals surface area contributed by atoms with Crippen LogP contribution >= 0.6 is 11.6 Å². The average Bonchev–Trinajstić information content (AvgIpc) is 2.33. The van der Waals surface area contributed by atoms with Crippen LogP contribution < -0.4 is 4.74 Å². The molecule has 0 fully saturated rings. The fraction of sp³-hybridized carbons (Fsp3) is 0.500. The Morgan fingerprint density at radius 2 is 1.67 bits per heavy atom. The quantitative estimate of drug-likeness (QED) is 0.546. The summed E-state index contributed by atoms with van der Waals surface area (Å²) in [6.07, 6.45) is 0.961. The van der Waals surface area contributed by atoms with E-state index in [0.29, 0.717) is 12.5 Å². The van der Waals surface area contributed by atoms with E-state index < -0.39 is 0 Å². The molecule has 0 aliphatic carbocycles. The van der Waals surface area contributed by atoms with Gasteiger partial charge in [0.05, 0.1) is 5.88 Å². The number of alkyl halides is 1. The summed E-state index contributed by atoms with van der Waals surface area (Å²) in [5.41, 5.74) is 7.31. The summed E-state index contributed by atoms with van der Waals surface area (Å²) < 4.78 is 5.94. The minimum Gasteiger partial charge on any atom is -0.489 e. The second-order valence-corrected chi connectivity index (χ2v) is 5.16. The average molecular weight is 267 g/mol. The molecule has 0 saturated carbocycles. The molecule has 1 rings (SSSR count). The Kier molecular flexibility index (Phi) is 5.28. The van der Waals surface area contributed by atoms with Crippen LogP contribution in [0.5, 0.6) is 5.75 Å². The van der Waals surface area contributed by atoms with Gasteiger partial charge in [0.1, 0.15) is 12.4 Å². The van der Waals surface area contributed by atoms with Crippen LogP contribution in [0.1, 0.15) is 41.7 Å². The lowest BCUT2D eigenvalue weighted by atomic mass is 9.92. The van der Waals surface area contributed by atoms with Crippen LogP contribution in [0.2, 0.25) is 0 Å². The first-order valence-corrected chi connectivity index (χ1v) is 6.92. The minimum atomic E-state index is 0.492. The Morgan fingerprint density at radius 3 is 2.11 bits per heavy atom. The number of hydrogen-bond acceptors (Lipinski definition) is 1. The normalized spacial score (nSPS) is 10.6. The SMILES string of the molecule is C=C(C)COc1c(CC)c(C)c(C)c(C)c1CCl. The Labute approximate surface area is 116 Å². The smallest absolute Gasteiger partial charge is 0.127 e. The summed E-state index contributed by atoms with van der Waals surface area (Å²) in [6.45, 7) is 15.0. The second kappa shape index (κ2) is 6.29. The van der Waals surface area contributed by atoms with Crippen molar-refractivity contribution >= 4 is 11.6 Å². The van der Waals surface area contributed by atoms with Crippen molar-refractivity contribution in [3.05, 3.63) is 40.0 Å². The van der Waals surface area contributed by atoms with E-state index in [1.807, 2.05) is 6.92 Å². The maximum absolute atomic E-state index is 6.10. The molecule has 1 aromatic rings. The lowest BCUT2D eigenvalue weighted by Gasteiger charge is -2.21. The predicted molar refractivity (Wildman–Crippen MR) is 79.9 cm³/mol. The molecule has 0 heterocycles. The summed E-state index contributed by atoms with van der Waals surface area (Å²) in [5, 5.41) is 0. The van der Waals surface area contributed by atoms with Crippen LogP contribution in [-0.2, 0) is 12.3 Å². The third-order valence-corrected chi connectivity index (χ3v) is 3.80. The summed E-state index contributed by atoms with van der Waals surface area (Å²) in [6, 6.07) is 0. The first-order valence-electron chi connectivity index (χ1n) is 6.38. The van der Waals surface area contributed by atoms with Crippen molar-refractivity contribution in [3.63, 3.8) is 0 Å². The monoisotopic (exact) mass is 266 g/mol. The van der Waals surface area contributed by atoms with Gasteiger partial charge in [-0.1, -0.05) is 13.5 Å². The zero-order valence-electron chi connectivity index (χ0n) is 12.1. The number of ether oxygens (including phenoxy) is 1. The Hall–Kier alpha value is -0.950. The van der Waals surface area contributed by atoms with Crippen molar-refractivity contribution < 1.29 is 4.74 Å². The number of benzene rings is 1. The van der Waals surface area contributed by atoms with E-state index >= 15 is 0 Å². The topological polar surface area (TPSA) is 9.23 Å². The molecule has 0 bridgehead atoms. The maximum atomic E-state index is 6.10. The lowest BCUT2D eigenvalue weighted by Crippen LogP contribution is -2.08. The third kappa shape index (κ3) is 2.89. The standard InChI is InChI=1S/C16H23ClO/c1-7-14-12(5)11(4)13(6)15(8-17)16(14)18-9-10(2)3/h2,7-9H2,1,3-6H3. The molecule has 2 heteroatoms. The van der Waals surface area contributed by atoms with Gasteiger partial charge in [0.15, 0.2) is 0 Å². The summed E-state index contributed by atoms with van der Waals surface area (Å²) in [4.78, 5) is 0. The molecule has 100 valence electrons. The van der Waals surface area contributed by atoms with Gasteiger partial charge in [-0.25, -0.2) is 0 Å². The summed E-state index contributed by atoms with van der Waals surface area (Å²) >= 11 is 6.10. The van der Waals surface area contributed by atoms with Crippen LogP contribution in [0, 0.1) is 20.8 Å². The van der Waals surface area contributed by atoms with E-state index in [9.17, 15) is 0 Å². The number of halogens is 1. The Morgan fingerprint density at radius 1 is 1.11 bits per heavy atom. The van der Waals surface area contributed by atoms with Gasteiger partial charge in [-0.05, 0) is 61.9 Å². The molecular formula is C16H23ClO. The lowest BCUT2D eigenvalue weighted by molar-refractivity contribution is 0.345. The molecule has 0 saturated heterocycles. The molecule has 1 aromatic carbocycles. The molecule has 0 aliphatic rings. The molecule has 18 heavy (non-hydrogen) atoms. The molecule has 0 N–H and O–H groups in total. The molecule has 0 aliphatic heterocycles. The third-order valence-electron chi connectivity index (χ3n) is 3.53. The zero-order valence-corrected chi connectivity index (χ0v) is 12.9. The molecule has 0 amide bonds. The molecule has 0 unspecified atom stereocenters. The van der Waals surface area contributed by atoms with Crippen molar-refractivity contribution in [1.29, 1.82) is 0 Å². The first kappa shape index (κ1) is 15.1. The molecule has 1 nitrogen and oxygen atoms in total. The Balaban J connectivity index is 3.39. The van der Waals surface area contributed by atoms with E-state index in [1.54, 1.807) is 0 Å². The molecule has 0 radical (unpaired) electrons. The van der Waals surface area contributed by atoms with Gasteiger partial charge in [0.2, 0.25) is 0 Å². The second-order valence-electron chi connectivity index (χ2n) is 4.89. The van der Waals surface area contributed by atoms with E-state index in [4.69, 9.17) is 16.3 Å². The highest BCUT2D eigenvalue weighted by molar-refractivity contribution is 6.17. The van der Waals surface area contributed by atoms with Crippen molar-refractivity contribution in [2.45, 2.75) is 46.9 Å². The first-order chi connectivity index (χ1) is 8.43. The highest BCUT2D eigenvalue weighted by Gasteiger charge is 2.17. The van der Waals surface area contributed by atoms with Gasteiger partial charge in [-0.3, -0.25) is 0 Å². The predicted octanol–water partition coefficient (Wildman–Crippen LogP) is 4.87. The molecular weight excluding hydrogens is 244 g/mol. The van der Waals surface area contributed by atoms with Gasteiger partial charge < -0.3 is 4.74 Å². The van der Waals surface area contributed by atoms with Gasteiger partial charge in [-0.15, -0.1) is 11.6 Å². The molecule has 0 aromatic heterocycles. The number of hydrogen-bond donors (Lipinski definition) is 0. The van der Waals surface area contributed by atoms with Crippen molar-refractivity contribution in [2.75, 3.05) is 6.61 Å². The largest absolute Gasteiger partial charge is 0.489 e.